The maximum Gasteiger partial charge on any atom is 0.335 e. The van der Waals surface area contributed by atoms with E-state index >= 15 is 28.8 Å². The average Bonchev–Trinajstić information content (AvgIpc) is 0.755. The van der Waals surface area contributed by atoms with Gasteiger partial charge in [0.2, 0.25) is 65.6 Å². The zero-order valence-corrected chi connectivity index (χ0v) is 71.2. The summed E-state index contributed by atoms with van der Waals surface area (Å²) in [6.45, 7) is 3.61. The Labute approximate surface area is 742 Å². The number of aliphatic hydroxyl groups is 7. The number of carbonyl (C=O) groups excluding carboxylic acids is 8. The molecule has 8 heterocycles. The summed E-state index contributed by atoms with van der Waals surface area (Å²) in [5.41, 5.74) is -2.68. The van der Waals surface area contributed by atoms with E-state index in [2.05, 4.69) is 61.7 Å². The van der Waals surface area contributed by atoms with Crippen LogP contribution in [0.5, 0.6) is 69.0 Å². The molecule has 0 spiro atoms. The van der Waals surface area contributed by atoms with Crippen molar-refractivity contribution in [2.45, 2.75) is 188 Å². The molecule has 0 aromatic heterocycles. The van der Waals surface area contributed by atoms with Gasteiger partial charge in [-0.3, -0.25) is 38.4 Å². The Morgan fingerprint density at radius 3 is 1.91 bits per heavy atom. The first-order valence-corrected chi connectivity index (χ1v) is 42.3. The number of hydrogen-bond donors (Lipinski definition) is 21. The molecule has 0 aliphatic carbocycles. The molecule has 0 radical (unpaired) electrons. The number of aliphatic hydroxyl groups excluding tert-OH is 7. The Bertz CT molecular complexity index is 5340. The highest BCUT2D eigenvalue weighted by Crippen LogP contribution is 2.51. The van der Waals surface area contributed by atoms with Gasteiger partial charge >= 0.3 is 5.97 Å². The number of benzene rings is 7. The van der Waals surface area contributed by atoms with Crippen molar-refractivity contribution in [2.75, 3.05) is 40.8 Å². The van der Waals surface area contributed by atoms with Gasteiger partial charge in [-0.2, -0.15) is 0 Å². The smallest absolute Gasteiger partial charge is 0.335 e. The number of rotatable bonds is 22. The number of nitrogens with one attached hydrogen (secondary N) is 9. The number of aromatic hydroxyl groups is 4. The maximum atomic E-state index is 16.8. The lowest BCUT2D eigenvalue weighted by atomic mass is 9.89. The molecule has 8 amide bonds. The fourth-order valence-corrected chi connectivity index (χ4v) is 16.4. The van der Waals surface area contributed by atoms with Crippen LogP contribution in [0.2, 0.25) is 10.0 Å². The monoisotopic (exact) mass is 1810 g/mol. The maximum absolute atomic E-state index is 16.8. The zero-order chi connectivity index (χ0) is 92.0. The van der Waals surface area contributed by atoms with Crippen molar-refractivity contribution >= 4 is 76.4 Å². The molecule has 8 aliphatic rings. The molecule has 0 saturated carbocycles. The third-order valence-corrected chi connectivity index (χ3v) is 23.4. The van der Waals surface area contributed by atoms with E-state index in [1.165, 1.54) is 49.5 Å². The Morgan fingerprint density at radius 1 is 0.562 bits per heavy atom. The summed E-state index contributed by atoms with van der Waals surface area (Å²) in [6, 6.07) is 5.68. The summed E-state index contributed by atoms with van der Waals surface area (Å²) in [6.07, 6.45) is -15.8. The predicted molar refractivity (Wildman–Crippen MR) is 452 cm³/mol. The van der Waals surface area contributed by atoms with Crippen LogP contribution in [0.3, 0.4) is 0 Å². The van der Waals surface area contributed by atoms with Gasteiger partial charge in [0.1, 0.15) is 131 Å². The number of carbonyl (C=O) groups is 9. The molecule has 7 aromatic carbocycles. The number of fused-ring (bicyclic) bond motifs is 14. The van der Waals surface area contributed by atoms with Crippen molar-refractivity contribution in [1.29, 1.82) is 0 Å². The van der Waals surface area contributed by atoms with Gasteiger partial charge in [-0.25, -0.2) is 4.79 Å². The van der Waals surface area contributed by atoms with Crippen LogP contribution >= 0.6 is 23.2 Å². The number of unbranched alkanes of at least 4 members (excludes halogenated alkanes) is 5. The average molecular weight is 1820 g/mol. The molecule has 8 unspecified atom stereocenters. The third kappa shape index (κ3) is 21.1. The molecule has 21 N–H and O–H groups in total. The SMILES string of the molecule is CNC1C(=O)NC2Cc3ccc(cc3)Oc3cc4cc(c3O[C@@H]3O[C@H](C(=O)O)[C@@H](O)[C@H](O)[C@H]3NC(=O)CCCCCCCCC(C)C)Oc3ccc(cc3Cl)C(O)C3NC(=O)C(NC(=O)C4NC(=O)C(NC2=O)c2cc(cc(O)c2Cl)Oc2cc1ccc2O)c1ccc(O)c(c1)-c1c(O[C@H]2O[C@H](CO)[C@@H](O)[C@H](O)[C@@H]2O)cc(O)cc1C(C(=O)NCCCN(C)C)NC3=O. The second-order valence-electron chi connectivity index (χ2n) is 32.7. The van der Waals surface area contributed by atoms with E-state index in [4.69, 9.17) is 56.4 Å². The first kappa shape index (κ1) is 93.7. The molecule has 15 rings (SSSR count). The number of phenols is 4. The quantitative estimate of drug-likeness (QED) is 0.0423. The van der Waals surface area contributed by atoms with Gasteiger partial charge in [-0.05, 0) is 153 Å². The van der Waals surface area contributed by atoms with Crippen LogP contribution in [-0.2, 0) is 59.0 Å². The van der Waals surface area contributed by atoms with Crippen molar-refractivity contribution in [3.63, 3.8) is 0 Å². The molecule has 38 nitrogen and oxygen atoms in total. The second kappa shape index (κ2) is 40.6. The van der Waals surface area contributed by atoms with Gasteiger partial charge in [-0.15, -0.1) is 0 Å². The summed E-state index contributed by atoms with van der Waals surface area (Å²) >= 11 is 14.3. The van der Waals surface area contributed by atoms with E-state index in [1.54, 1.807) is 19.0 Å². The predicted octanol–water partition coefficient (Wildman–Crippen LogP) is 4.17. The van der Waals surface area contributed by atoms with Crippen LogP contribution in [0.25, 0.3) is 11.1 Å². The first-order chi connectivity index (χ1) is 61.1. The lowest BCUT2D eigenvalue weighted by Gasteiger charge is -2.41. The molecule has 2 fully saturated rings. The first-order valence-electron chi connectivity index (χ1n) is 41.5. The highest BCUT2D eigenvalue weighted by molar-refractivity contribution is 6.33. The molecular formula is C88H100Cl2N10O28. The summed E-state index contributed by atoms with van der Waals surface area (Å²) in [5, 5.41) is 161. The summed E-state index contributed by atoms with van der Waals surface area (Å²) in [4.78, 5) is 140. The number of carboxylic acid groups (broad SMARTS) is 1. The van der Waals surface area contributed by atoms with E-state index in [0.717, 1.165) is 105 Å². The lowest BCUT2D eigenvalue weighted by molar-refractivity contribution is -0.277. The number of nitrogens with zero attached hydrogens (tertiary/aromatic N) is 1. The van der Waals surface area contributed by atoms with Crippen LogP contribution in [0.4, 0.5) is 0 Å². The van der Waals surface area contributed by atoms with E-state index < -0.39 is 271 Å². The Hall–Kier alpha value is -11.9. The Kier molecular flexibility index (Phi) is 29.7. The minimum Gasteiger partial charge on any atom is -0.508 e. The standard InChI is InChI=1S/C88H100Cl2N10O28/c1-38(2)13-10-8-6-7-9-11-14-61(106)94-70-73(109)75(111)78(86(120)121)128-87(70)127-77-58-31-43-32-59(77)124-55-24-19-42(29-50(55)89)71(107)69-85(119)98-67(80(114)92-25-12-26-100(4)5)48-33-44(102)34-57(125-88-76(112)74(110)72(108)60(37-101)126-88)62(48)47-28-40(17-22-52(47)103)65(82(116)99-69)95-83(117)66(43)96-84(118)68-49-35-46(36-54(105)63(49)90)123-56-30-41(18-23-53(56)104)64(91-3)81(115)93-51(79(113)97-68)27-39-15-20-45(122-58)21-16-39/h15-24,28-36,38,51,60,64-76,78,87-88,91,101-105,107-112H,6-14,25-27,37H2,1-5H3,(H,92,114)(H,93,115)(H,94,106)(H,95,117)(H,96,118)(H,97,113)(H,98,119)(H,99,116)(H,120,121)/t51?,60-,64?,65?,66?,67?,68?,69?,70-,71?,72-,73-,74+,75+,76+,78+,87-,88+/m1/s1. The molecule has 40 heteroatoms. The number of halogens is 2. The van der Waals surface area contributed by atoms with Crippen LogP contribution < -0.4 is 71.5 Å². The fourth-order valence-electron chi connectivity index (χ4n) is 15.9. The molecule has 17 bridgehead atoms. The van der Waals surface area contributed by atoms with Crippen LogP contribution in [0.1, 0.15) is 147 Å². The Balaban J connectivity index is 1.04. The van der Waals surface area contributed by atoms with Crippen molar-refractivity contribution < 1.29 is 138 Å². The Morgan fingerprint density at radius 2 is 1.21 bits per heavy atom. The lowest BCUT2D eigenvalue weighted by Crippen LogP contribution is -2.66. The number of amides is 8. The zero-order valence-electron chi connectivity index (χ0n) is 69.7. The topological polar surface area (TPSA) is 573 Å². The molecular weight excluding hydrogens is 1720 g/mol. The highest BCUT2D eigenvalue weighted by atomic mass is 35.5. The number of hydrogen-bond acceptors (Lipinski definition) is 29. The van der Waals surface area contributed by atoms with Crippen LogP contribution in [0, 0.1) is 5.92 Å². The van der Waals surface area contributed by atoms with E-state index in [1.807, 2.05) is 0 Å². The molecule has 128 heavy (non-hydrogen) atoms. The number of phenolic OH excluding ortho intramolecular Hbond substituents is 4. The summed E-state index contributed by atoms with van der Waals surface area (Å²) < 4.78 is 44.5. The summed E-state index contributed by atoms with van der Waals surface area (Å²) in [5.74, 6) is -17.5. The van der Waals surface area contributed by atoms with Gasteiger partial charge in [-0.1, -0.05) is 106 Å². The number of aliphatic carboxylic acids is 1. The molecule has 2 saturated heterocycles. The number of likely N-dealkylation sites (N-methyl/N-ethyl adjacent to an activating group) is 1. The normalized spacial score (nSPS) is 25.8. The van der Waals surface area contributed by atoms with Gasteiger partial charge in [0.15, 0.2) is 29.1 Å². The van der Waals surface area contributed by atoms with Gasteiger partial charge in [0.05, 0.1) is 16.7 Å². The van der Waals surface area contributed by atoms with E-state index in [0.29, 0.717) is 30.9 Å². The molecule has 7 aromatic rings. The second-order valence-corrected chi connectivity index (χ2v) is 33.5. The third-order valence-electron chi connectivity index (χ3n) is 22.7. The molecule has 8 aliphatic heterocycles. The van der Waals surface area contributed by atoms with Gasteiger partial charge < -0.3 is 147 Å². The minimum atomic E-state index is -2.45. The summed E-state index contributed by atoms with van der Waals surface area (Å²) in [7, 11) is 4.95. The van der Waals surface area contributed by atoms with Crippen molar-refractivity contribution in [2.24, 2.45) is 5.92 Å². The molecule has 684 valence electrons. The fraction of sp³-hybridized carbons (Fsp3) is 0.420. The van der Waals surface area contributed by atoms with E-state index in [9.17, 15) is 75.7 Å². The van der Waals surface area contributed by atoms with E-state index in [-0.39, 0.29) is 47.8 Å². The minimum absolute atomic E-state index is 0.0943. The highest BCUT2D eigenvalue weighted by Gasteiger charge is 2.52. The van der Waals surface area contributed by atoms with Crippen molar-refractivity contribution in [3.05, 3.63) is 164 Å². The number of carboxylic acids is 1. The molecule has 18 atom stereocenters. The van der Waals surface area contributed by atoms with Gasteiger partial charge in [0, 0.05) is 48.2 Å². The van der Waals surface area contributed by atoms with Crippen molar-refractivity contribution in [3.8, 4) is 80.1 Å². The van der Waals surface area contributed by atoms with Crippen LogP contribution in [-0.4, -0.2) is 234 Å². The van der Waals surface area contributed by atoms with Crippen molar-refractivity contribution in [1.82, 2.24) is 52.8 Å². The largest absolute Gasteiger partial charge is 0.508 e. The van der Waals surface area contributed by atoms with Crippen LogP contribution in [0.15, 0.2) is 115 Å². The van der Waals surface area contributed by atoms with Gasteiger partial charge in [0.25, 0.3) is 0 Å². The number of ether oxygens (including phenoxy) is 7.